The Morgan fingerprint density at radius 1 is 0.565 bits per heavy atom. The van der Waals surface area contributed by atoms with Gasteiger partial charge < -0.3 is 33.8 Å². The van der Waals surface area contributed by atoms with Crippen LogP contribution < -0.4 is 22.0 Å². The summed E-state index contributed by atoms with van der Waals surface area (Å²) >= 11 is 1.43. The molecule has 8 aromatic rings. The second kappa shape index (κ2) is 40.1. The number of hydrogen-bond acceptors (Lipinski definition) is 11. The van der Waals surface area contributed by atoms with E-state index in [4.69, 9.17) is 0 Å². The third-order valence-corrected chi connectivity index (χ3v) is 10.2. The summed E-state index contributed by atoms with van der Waals surface area (Å²) in [6.07, 6.45) is 10.8. The van der Waals surface area contributed by atoms with E-state index in [0.717, 1.165) is 28.8 Å². The Labute approximate surface area is 417 Å². The maximum Gasteiger partial charge on any atom is 0.271 e. The lowest BCUT2D eigenvalue weighted by Gasteiger charge is -2.21. The van der Waals surface area contributed by atoms with Gasteiger partial charge in [-0.3, -0.25) is 19.5 Å². The first-order valence-corrected chi connectivity index (χ1v) is 25.6. The number of thiophene rings is 1. The van der Waals surface area contributed by atoms with Crippen LogP contribution in [0.2, 0.25) is 0 Å². The molecule has 2 aliphatic heterocycles. The minimum Gasteiger partial charge on any atom is -0.361 e. The second-order valence-corrected chi connectivity index (χ2v) is 14.8. The van der Waals surface area contributed by atoms with Gasteiger partial charge in [0.2, 0.25) is 0 Å². The lowest BCUT2D eigenvalue weighted by Crippen LogP contribution is -2.40. The Balaban J connectivity index is 0. The van der Waals surface area contributed by atoms with Gasteiger partial charge in [-0.1, -0.05) is 107 Å². The molecule has 2 fully saturated rings. The van der Waals surface area contributed by atoms with Crippen molar-refractivity contribution in [1.82, 2.24) is 59.0 Å². The van der Waals surface area contributed by atoms with Gasteiger partial charge in [-0.15, -0.1) is 11.3 Å². The van der Waals surface area contributed by atoms with Gasteiger partial charge >= 0.3 is 0 Å². The van der Waals surface area contributed by atoms with E-state index < -0.39 is 0 Å². The zero-order valence-electron chi connectivity index (χ0n) is 45.5. The molecule has 2 aliphatic rings. The molecule has 6 aromatic heterocycles. The van der Waals surface area contributed by atoms with Crippen molar-refractivity contribution in [2.75, 3.05) is 53.4 Å². The number of nitrogens with one attached hydrogen (secondary N) is 3. The molecule has 8 heterocycles. The Morgan fingerprint density at radius 2 is 1.09 bits per heavy atom. The Hall–Kier alpha value is -5.81. The largest absolute Gasteiger partial charge is 0.361 e. The predicted molar refractivity (Wildman–Crippen MR) is 299 cm³/mol. The number of H-pyrrole nitrogens is 2. The van der Waals surface area contributed by atoms with Crippen molar-refractivity contribution < 1.29 is 0 Å². The number of hydrogen-bond donors (Lipinski definition) is 3. The number of aromatic nitrogens is 9. The number of nitrogens with zero attached hydrogens (tertiary/aromatic N) is 9. The second-order valence-electron chi connectivity index (χ2n) is 13.9. The monoisotopic (exact) mass is 973 g/mol. The topological polar surface area (TPSA) is 168 Å². The molecule has 0 aliphatic carbocycles. The molecule has 0 amide bonds. The molecule has 384 valence electrons. The van der Waals surface area contributed by atoms with E-state index in [9.17, 15) is 14.4 Å². The predicted octanol–water partition coefficient (Wildman–Crippen LogP) is 10.5. The summed E-state index contributed by atoms with van der Waals surface area (Å²) in [6.45, 7) is 33.5. The Morgan fingerprint density at radius 3 is 1.64 bits per heavy atom. The zero-order valence-corrected chi connectivity index (χ0v) is 46.3. The lowest BCUT2D eigenvalue weighted by atomic mass is 10.2. The van der Waals surface area contributed by atoms with E-state index in [-0.39, 0.29) is 16.7 Å². The number of likely N-dealkylation sites (N-methyl/N-ethyl adjacent to an activating group) is 1. The van der Waals surface area contributed by atoms with Crippen LogP contribution in [0.5, 0.6) is 0 Å². The maximum absolute atomic E-state index is 11.5. The highest BCUT2D eigenvalue weighted by Gasteiger charge is 2.04. The number of fused-ring (bicyclic) bond motifs is 4. The van der Waals surface area contributed by atoms with Gasteiger partial charge in [0, 0.05) is 59.0 Å². The van der Waals surface area contributed by atoms with Crippen molar-refractivity contribution in [3.05, 3.63) is 128 Å². The Bertz CT molecular complexity index is 2560. The van der Waals surface area contributed by atoms with Crippen LogP contribution in [0.15, 0.2) is 106 Å². The van der Waals surface area contributed by atoms with Crippen LogP contribution in [-0.4, -0.2) is 107 Å². The summed E-state index contributed by atoms with van der Waals surface area (Å²) in [5.74, 6) is 0. The molecular formula is C53H88N12O3S. The third-order valence-electron chi connectivity index (χ3n) is 9.26. The van der Waals surface area contributed by atoms with Gasteiger partial charge in [0.05, 0.1) is 41.6 Å². The minimum atomic E-state index is -0.0799. The van der Waals surface area contributed by atoms with Gasteiger partial charge in [-0.2, -0.15) is 5.10 Å². The van der Waals surface area contributed by atoms with Crippen LogP contribution in [0.3, 0.4) is 0 Å². The molecule has 0 bridgehead atoms. The van der Waals surface area contributed by atoms with Gasteiger partial charge in [0.25, 0.3) is 16.7 Å². The molecule has 0 spiro atoms. The van der Waals surface area contributed by atoms with Crippen molar-refractivity contribution in [1.29, 1.82) is 0 Å². The van der Waals surface area contributed by atoms with E-state index >= 15 is 0 Å². The highest BCUT2D eigenvalue weighted by Crippen LogP contribution is 2.13. The SMILES string of the molecule is CC.CC.CC.CC.CC.CC.CN1CCCC1.CN1CCNCC1.Cc1ccc2[nH]ccc2c1.Cn1cnc2[nH]ncc2c1=O.Cn1cnc2ccccc2c1=O.Cn1cnc2ccsc2c1=O. The number of para-hydroxylation sites is 1. The third kappa shape index (κ3) is 23.4. The lowest BCUT2D eigenvalue weighted by molar-refractivity contribution is 0.291. The highest BCUT2D eigenvalue weighted by molar-refractivity contribution is 7.17. The highest BCUT2D eigenvalue weighted by atomic mass is 32.1. The standard InChI is InChI=1S/C9H8N2O.C9H9N.C7H6N2OS.C6H6N4O.C5H12N2.C5H11N.6C2H6/c1-11-6-10-8-5-3-2-4-7(8)9(11)12;1-7-2-3-9-8(6-7)4-5-10-9;1-9-4-8-5-2-3-11-6(5)7(9)10;1-10-3-7-5-4(6(10)11)2-8-9-5;1-7-4-2-6-3-5-7;1-6-4-2-3-5-6;6*1-2/h2-6H,1H3;2-6,10H,1H3;2-4H,1H3;2-3H,1H3,(H,8,9);6H,2-5H2,1H3;2-5H2,1H3;6*1-2H3. The molecule has 0 atom stereocenters. The van der Waals surface area contributed by atoms with E-state index in [1.165, 1.54) is 106 Å². The molecule has 3 N–H and O–H groups in total. The summed E-state index contributed by atoms with van der Waals surface area (Å²) in [7, 11) is 9.38. The minimum absolute atomic E-state index is 0.000556. The average molecular weight is 973 g/mol. The quantitative estimate of drug-likeness (QED) is 0.133. The van der Waals surface area contributed by atoms with Gasteiger partial charge in [0.1, 0.15) is 10.1 Å². The zero-order chi connectivity index (χ0) is 52.7. The number of likely N-dealkylation sites (tertiary alicyclic amines) is 1. The molecule has 2 saturated heterocycles. The van der Waals surface area contributed by atoms with Crippen LogP contribution >= 0.6 is 11.3 Å². The van der Waals surface area contributed by atoms with Crippen LogP contribution in [0.25, 0.3) is 43.1 Å². The fourth-order valence-electron chi connectivity index (χ4n) is 5.83. The molecule has 16 heteroatoms. The van der Waals surface area contributed by atoms with Crippen LogP contribution in [-0.2, 0) is 21.1 Å². The van der Waals surface area contributed by atoms with Gasteiger partial charge in [-0.25, -0.2) is 15.0 Å². The van der Waals surface area contributed by atoms with E-state index in [0.29, 0.717) is 16.4 Å². The number of piperazine rings is 1. The van der Waals surface area contributed by atoms with Crippen LogP contribution in [0.1, 0.15) is 101 Å². The van der Waals surface area contributed by atoms with Crippen molar-refractivity contribution in [3.63, 3.8) is 0 Å². The normalized spacial score (nSPS) is 12.0. The molecule has 2 aromatic carbocycles. The summed E-state index contributed by atoms with van der Waals surface area (Å²) in [5, 5.41) is 13.9. The van der Waals surface area contributed by atoms with Crippen molar-refractivity contribution in [3.8, 4) is 0 Å². The number of rotatable bonds is 0. The summed E-state index contributed by atoms with van der Waals surface area (Å²) in [5.41, 5.74) is 4.55. The van der Waals surface area contributed by atoms with Crippen LogP contribution in [0, 0.1) is 6.92 Å². The van der Waals surface area contributed by atoms with Gasteiger partial charge in [-0.05, 0) is 94.1 Å². The molecule has 0 radical (unpaired) electrons. The number of aromatic amines is 2. The van der Waals surface area contributed by atoms with Crippen LogP contribution in [0.4, 0.5) is 0 Å². The number of benzene rings is 2. The van der Waals surface area contributed by atoms with Crippen molar-refractivity contribution in [2.45, 2.75) is 103 Å². The number of aryl methyl sites for hydroxylation is 4. The van der Waals surface area contributed by atoms with E-state index in [1.54, 1.807) is 27.2 Å². The average Bonchev–Trinajstić information content (AvgIpc) is 4.28. The first kappa shape index (κ1) is 65.3. The Kier molecular flexibility index (Phi) is 37.9. The van der Waals surface area contributed by atoms with Gasteiger partial charge in [0.15, 0.2) is 5.65 Å². The summed E-state index contributed by atoms with van der Waals surface area (Å²) in [4.78, 5) is 54.0. The fourth-order valence-corrected chi connectivity index (χ4v) is 6.65. The molecule has 10 rings (SSSR count). The van der Waals surface area contributed by atoms with Crippen molar-refractivity contribution in [2.24, 2.45) is 21.1 Å². The van der Waals surface area contributed by atoms with E-state index in [2.05, 4.69) is 90.5 Å². The first-order chi connectivity index (χ1) is 33.5. The van der Waals surface area contributed by atoms with Crippen molar-refractivity contribution >= 4 is 54.4 Å². The summed E-state index contributed by atoms with van der Waals surface area (Å²) in [6, 6.07) is 17.6. The van der Waals surface area contributed by atoms with E-state index in [1.807, 2.05) is 119 Å². The molecule has 0 saturated carbocycles. The first-order valence-electron chi connectivity index (χ1n) is 24.8. The molecule has 69 heavy (non-hydrogen) atoms. The molecule has 15 nitrogen and oxygen atoms in total. The maximum atomic E-state index is 11.5. The summed E-state index contributed by atoms with van der Waals surface area (Å²) < 4.78 is 5.11. The smallest absolute Gasteiger partial charge is 0.271 e. The molecule has 0 unspecified atom stereocenters. The molecular weight excluding hydrogens is 885 g/mol. The fraction of sp³-hybridized carbons (Fsp3) is 0.491.